The molecule has 0 aromatic carbocycles. The van der Waals surface area contributed by atoms with Gasteiger partial charge in [-0.15, -0.1) is 0 Å². The lowest BCUT2D eigenvalue weighted by molar-refractivity contribution is 1.17. The molecule has 1 heterocycles. The molecule has 1 rings (SSSR count). The van der Waals surface area contributed by atoms with Gasteiger partial charge in [0.1, 0.15) is 0 Å². The SMILES string of the molecule is C/C=C\c1cnc(C)cc1C.CC. The van der Waals surface area contributed by atoms with Gasteiger partial charge in [0.25, 0.3) is 0 Å². The number of aryl methyl sites for hydroxylation is 2. The van der Waals surface area contributed by atoms with Crippen LogP contribution in [0.5, 0.6) is 0 Å². The van der Waals surface area contributed by atoms with Crippen LogP contribution in [0, 0.1) is 13.8 Å². The van der Waals surface area contributed by atoms with E-state index in [-0.39, 0.29) is 0 Å². The number of hydrogen-bond acceptors (Lipinski definition) is 1. The topological polar surface area (TPSA) is 12.9 Å². The van der Waals surface area contributed by atoms with Crippen LogP contribution in [0.1, 0.15) is 37.6 Å². The zero-order valence-corrected chi connectivity index (χ0v) is 9.26. The molecular weight excluding hydrogens is 158 g/mol. The van der Waals surface area contributed by atoms with Crippen LogP contribution in [0.4, 0.5) is 0 Å². The first-order valence-electron chi connectivity index (χ1n) is 4.80. The second kappa shape index (κ2) is 6.41. The molecule has 0 bridgehead atoms. The minimum atomic E-state index is 1.08. The minimum absolute atomic E-state index is 1.08. The van der Waals surface area contributed by atoms with Crippen molar-refractivity contribution >= 4 is 6.08 Å². The monoisotopic (exact) mass is 177 g/mol. The van der Waals surface area contributed by atoms with E-state index in [0.717, 1.165) is 5.69 Å². The molecule has 0 aliphatic rings. The lowest BCUT2D eigenvalue weighted by Crippen LogP contribution is -1.85. The number of nitrogens with zero attached hydrogens (tertiary/aromatic N) is 1. The van der Waals surface area contributed by atoms with Crippen molar-refractivity contribution in [3.8, 4) is 0 Å². The average molecular weight is 177 g/mol. The smallest absolute Gasteiger partial charge is 0.0375 e. The zero-order valence-electron chi connectivity index (χ0n) is 9.26. The zero-order chi connectivity index (χ0) is 10.3. The van der Waals surface area contributed by atoms with Gasteiger partial charge in [0, 0.05) is 11.9 Å². The van der Waals surface area contributed by atoms with Crippen LogP contribution in [0.15, 0.2) is 18.3 Å². The highest BCUT2D eigenvalue weighted by molar-refractivity contribution is 5.51. The third-order valence-electron chi connectivity index (χ3n) is 1.63. The number of rotatable bonds is 1. The van der Waals surface area contributed by atoms with Crippen molar-refractivity contribution in [3.63, 3.8) is 0 Å². The van der Waals surface area contributed by atoms with E-state index >= 15 is 0 Å². The fraction of sp³-hybridized carbons (Fsp3) is 0.417. The number of hydrogen-bond donors (Lipinski definition) is 0. The summed E-state index contributed by atoms with van der Waals surface area (Å²) in [6, 6.07) is 2.09. The first kappa shape index (κ1) is 11.9. The fourth-order valence-electron chi connectivity index (χ4n) is 1.06. The van der Waals surface area contributed by atoms with Crippen molar-refractivity contribution in [2.24, 2.45) is 0 Å². The second-order valence-electron chi connectivity index (χ2n) is 2.68. The maximum Gasteiger partial charge on any atom is 0.0375 e. The van der Waals surface area contributed by atoms with E-state index in [4.69, 9.17) is 0 Å². The van der Waals surface area contributed by atoms with Crippen LogP contribution in [0.3, 0.4) is 0 Å². The highest BCUT2D eigenvalue weighted by atomic mass is 14.7. The Hall–Kier alpha value is -1.11. The summed E-state index contributed by atoms with van der Waals surface area (Å²) in [7, 11) is 0. The first-order chi connectivity index (χ1) is 6.24. The molecule has 0 fully saturated rings. The van der Waals surface area contributed by atoms with Gasteiger partial charge in [-0.05, 0) is 38.0 Å². The molecule has 0 saturated heterocycles. The summed E-state index contributed by atoms with van der Waals surface area (Å²) in [6.07, 6.45) is 6.01. The molecule has 0 N–H and O–H groups in total. The van der Waals surface area contributed by atoms with E-state index in [2.05, 4.69) is 24.1 Å². The summed E-state index contributed by atoms with van der Waals surface area (Å²) in [5.74, 6) is 0. The number of pyridine rings is 1. The Labute approximate surface area is 81.5 Å². The normalized spacial score (nSPS) is 9.62. The molecule has 0 radical (unpaired) electrons. The van der Waals surface area contributed by atoms with Crippen LogP contribution < -0.4 is 0 Å². The van der Waals surface area contributed by atoms with Gasteiger partial charge in [0.05, 0.1) is 0 Å². The Kier molecular flexibility index (Phi) is 5.86. The number of allylic oxidation sites excluding steroid dienone is 1. The molecule has 1 aromatic rings. The largest absolute Gasteiger partial charge is 0.261 e. The molecule has 72 valence electrons. The molecule has 0 atom stereocenters. The standard InChI is InChI=1S/C10H13N.C2H6/c1-4-5-10-7-11-9(3)6-8(10)2;1-2/h4-7H,1-3H3;1-2H3/b5-4-;. The lowest BCUT2D eigenvalue weighted by atomic mass is 10.1. The Bertz CT molecular complexity index is 274. The van der Waals surface area contributed by atoms with Gasteiger partial charge in [-0.25, -0.2) is 0 Å². The van der Waals surface area contributed by atoms with Gasteiger partial charge in [-0.2, -0.15) is 0 Å². The van der Waals surface area contributed by atoms with Gasteiger partial charge in [-0.1, -0.05) is 26.0 Å². The Morgan fingerprint density at radius 1 is 1.23 bits per heavy atom. The first-order valence-corrected chi connectivity index (χ1v) is 4.80. The quantitative estimate of drug-likeness (QED) is 0.636. The molecule has 0 spiro atoms. The Balaban J connectivity index is 0.000000671. The van der Waals surface area contributed by atoms with Crippen molar-refractivity contribution in [1.29, 1.82) is 0 Å². The van der Waals surface area contributed by atoms with Crippen molar-refractivity contribution < 1.29 is 0 Å². The van der Waals surface area contributed by atoms with E-state index in [1.54, 1.807) is 0 Å². The van der Waals surface area contributed by atoms with Gasteiger partial charge < -0.3 is 0 Å². The summed E-state index contributed by atoms with van der Waals surface area (Å²) in [4.78, 5) is 4.21. The molecule has 13 heavy (non-hydrogen) atoms. The van der Waals surface area contributed by atoms with E-state index in [9.17, 15) is 0 Å². The van der Waals surface area contributed by atoms with Crippen molar-refractivity contribution in [2.75, 3.05) is 0 Å². The molecular formula is C12H19N. The molecule has 1 aromatic heterocycles. The van der Waals surface area contributed by atoms with Crippen LogP contribution in [-0.4, -0.2) is 4.98 Å². The van der Waals surface area contributed by atoms with Gasteiger partial charge in [0.2, 0.25) is 0 Å². The van der Waals surface area contributed by atoms with E-state index in [0.29, 0.717) is 0 Å². The number of aromatic nitrogens is 1. The Morgan fingerprint density at radius 2 is 1.85 bits per heavy atom. The highest BCUT2D eigenvalue weighted by Gasteiger charge is 1.93. The average Bonchev–Trinajstić information content (AvgIpc) is 2.14. The maximum atomic E-state index is 4.21. The second-order valence-corrected chi connectivity index (χ2v) is 2.68. The predicted molar refractivity (Wildman–Crippen MR) is 59.8 cm³/mol. The summed E-state index contributed by atoms with van der Waals surface area (Å²) in [5, 5.41) is 0. The Morgan fingerprint density at radius 3 is 2.31 bits per heavy atom. The third kappa shape index (κ3) is 3.88. The van der Waals surface area contributed by atoms with Crippen molar-refractivity contribution in [2.45, 2.75) is 34.6 Å². The molecule has 0 unspecified atom stereocenters. The minimum Gasteiger partial charge on any atom is -0.261 e. The highest BCUT2D eigenvalue weighted by Crippen LogP contribution is 2.08. The predicted octanol–water partition coefficient (Wildman–Crippen LogP) is 3.76. The van der Waals surface area contributed by atoms with Crippen molar-refractivity contribution in [1.82, 2.24) is 4.98 Å². The summed E-state index contributed by atoms with van der Waals surface area (Å²) in [5.41, 5.74) is 3.57. The van der Waals surface area contributed by atoms with Gasteiger partial charge >= 0.3 is 0 Å². The van der Waals surface area contributed by atoms with Crippen molar-refractivity contribution in [3.05, 3.63) is 35.2 Å². The maximum absolute atomic E-state index is 4.21. The lowest BCUT2D eigenvalue weighted by Gasteiger charge is -1.99. The summed E-state index contributed by atoms with van der Waals surface area (Å²) in [6.45, 7) is 10.1. The summed E-state index contributed by atoms with van der Waals surface area (Å²) >= 11 is 0. The van der Waals surface area contributed by atoms with Crippen LogP contribution in [0.25, 0.3) is 6.08 Å². The van der Waals surface area contributed by atoms with Crippen LogP contribution in [-0.2, 0) is 0 Å². The third-order valence-corrected chi connectivity index (χ3v) is 1.63. The van der Waals surface area contributed by atoms with E-state index in [1.165, 1.54) is 11.1 Å². The van der Waals surface area contributed by atoms with Gasteiger partial charge in [-0.3, -0.25) is 4.98 Å². The van der Waals surface area contributed by atoms with Crippen LogP contribution >= 0.6 is 0 Å². The molecule has 0 aliphatic heterocycles. The van der Waals surface area contributed by atoms with Gasteiger partial charge in [0.15, 0.2) is 0 Å². The fourth-order valence-corrected chi connectivity index (χ4v) is 1.06. The van der Waals surface area contributed by atoms with E-state index in [1.807, 2.05) is 40.0 Å². The molecule has 0 saturated carbocycles. The van der Waals surface area contributed by atoms with Crippen LogP contribution in [0.2, 0.25) is 0 Å². The summed E-state index contributed by atoms with van der Waals surface area (Å²) < 4.78 is 0. The molecule has 0 aliphatic carbocycles. The molecule has 1 heteroatoms. The molecule has 1 nitrogen and oxygen atoms in total. The van der Waals surface area contributed by atoms with E-state index < -0.39 is 0 Å². The molecule has 0 amide bonds.